The average Bonchev–Trinajstić information content (AvgIpc) is 3.11. The van der Waals surface area contributed by atoms with Gasteiger partial charge in [-0.2, -0.15) is 0 Å². The molecule has 0 unspecified atom stereocenters. The number of esters is 1. The predicted octanol–water partition coefficient (Wildman–Crippen LogP) is 3.32. The van der Waals surface area contributed by atoms with Crippen molar-refractivity contribution in [3.63, 3.8) is 0 Å². The van der Waals surface area contributed by atoms with Crippen LogP contribution in [0.4, 0.5) is 5.69 Å². The second-order valence-corrected chi connectivity index (χ2v) is 6.21. The monoisotopic (exact) mass is 397 g/mol. The number of hydrogen-bond donors (Lipinski definition) is 1. The number of hydrogen-bond acceptors (Lipinski definition) is 7. The first-order valence-electron chi connectivity index (χ1n) is 9.42. The summed E-state index contributed by atoms with van der Waals surface area (Å²) in [4.78, 5) is 24.3. The fourth-order valence-corrected chi connectivity index (χ4v) is 2.58. The number of ether oxygens (including phenoxy) is 4. The van der Waals surface area contributed by atoms with Crippen molar-refractivity contribution in [3.05, 3.63) is 66.1 Å². The van der Waals surface area contributed by atoms with E-state index in [0.29, 0.717) is 18.0 Å². The summed E-state index contributed by atoms with van der Waals surface area (Å²) in [5.41, 5.74) is 0.587. The summed E-state index contributed by atoms with van der Waals surface area (Å²) >= 11 is 0. The van der Waals surface area contributed by atoms with Crippen molar-refractivity contribution in [2.45, 2.75) is 13.3 Å². The van der Waals surface area contributed by atoms with E-state index in [0.717, 1.165) is 12.2 Å². The van der Waals surface area contributed by atoms with Crippen LogP contribution in [-0.2, 0) is 19.1 Å². The number of carbonyl (C=O) groups excluding carboxylic acids is 2. The zero-order chi connectivity index (χ0) is 20.5. The maximum atomic E-state index is 12.3. The summed E-state index contributed by atoms with van der Waals surface area (Å²) in [6, 6.07) is 16.3. The standard InChI is InChI=1S/C22H23NO6/c1-2-12-26-17-8-10-18(11-9-17)27-13-14-28-22(25)20-19(24)15-29-21(20)23-16-6-4-3-5-7-16/h3-11,23H,2,12-15H2,1H3. The van der Waals surface area contributed by atoms with Gasteiger partial charge in [0.1, 0.15) is 24.7 Å². The molecule has 1 aliphatic heterocycles. The third-order valence-corrected chi connectivity index (χ3v) is 3.97. The van der Waals surface area contributed by atoms with E-state index in [-0.39, 0.29) is 31.3 Å². The van der Waals surface area contributed by atoms with E-state index in [1.807, 2.05) is 37.3 Å². The Morgan fingerprint density at radius 2 is 1.62 bits per heavy atom. The Balaban J connectivity index is 1.49. The highest BCUT2D eigenvalue weighted by atomic mass is 16.6. The summed E-state index contributed by atoms with van der Waals surface area (Å²) in [7, 11) is 0. The fraction of sp³-hybridized carbons (Fsp3) is 0.273. The predicted molar refractivity (Wildman–Crippen MR) is 107 cm³/mol. The van der Waals surface area contributed by atoms with Gasteiger partial charge in [0.25, 0.3) is 0 Å². The van der Waals surface area contributed by atoms with E-state index >= 15 is 0 Å². The summed E-state index contributed by atoms with van der Waals surface area (Å²) in [5.74, 6) is 0.358. The molecule has 3 rings (SSSR count). The normalized spacial score (nSPS) is 13.1. The molecular weight excluding hydrogens is 374 g/mol. The Bertz CT molecular complexity index is 861. The molecule has 0 radical (unpaired) electrons. The maximum absolute atomic E-state index is 12.3. The molecule has 0 atom stereocenters. The summed E-state index contributed by atoms with van der Waals surface area (Å²) in [6.45, 7) is 2.67. The van der Waals surface area contributed by atoms with Gasteiger partial charge in [-0.25, -0.2) is 4.79 Å². The molecule has 0 fully saturated rings. The Morgan fingerprint density at radius 1 is 0.966 bits per heavy atom. The minimum atomic E-state index is -0.738. The molecule has 1 heterocycles. The van der Waals surface area contributed by atoms with E-state index in [1.54, 1.807) is 24.3 Å². The maximum Gasteiger partial charge on any atom is 0.347 e. The SMILES string of the molecule is CCCOc1ccc(OCCOC(=O)C2=C(Nc3ccccc3)OCC2=O)cc1. The summed E-state index contributed by atoms with van der Waals surface area (Å²) < 4.78 is 21.5. The largest absolute Gasteiger partial charge is 0.494 e. The Labute approximate surface area is 169 Å². The molecular formula is C22H23NO6. The number of ketones is 1. The van der Waals surface area contributed by atoms with Crippen molar-refractivity contribution in [3.8, 4) is 11.5 Å². The van der Waals surface area contributed by atoms with E-state index in [9.17, 15) is 9.59 Å². The lowest BCUT2D eigenvalue weighted by atomic mass is 10.2. The second-order valence-electron chi connectivity index (χ2n) is 6.21. The number of benzene rings is 2. The highest BCUT2D eigenvalue weighted by Gasteiger charge is 2.32. The van der Waals surface area contributed by atoms with Crippen LogP contribution < -0.4 is 14.8 Å². The lowest BCUT2D eigenvalue weighted by Gasteiger charge is -2.10. The first kappa shape index (κ1) is 20.3. The van der Waals surface area contributed by atoms with Crippen molar-refractivity contribution in [2.75, 3.05) is 31.7 Å². The van der Waals surface area contributed by atoms with Crippen molar-refractivity contribution in [2.24, 2.45) is 0 Å². The minimum Gasteiger partial charge on any atom is -0.494 e. The van der Waals surface area contributed by atoms with Crippen molar-refractivity contribution >= 4 is 17.4 Å². The Hall–Kier alpha value is -3.48. The van der Waals surface area contributed by atoms with Gasteiger partial charge in [0.05, 0.1) is 6.61 Å². The third-order valence-electron chi connectivity index (χ3n) is 3.97. The number of rotatable bonds is 10. The van der Waals surface area contributed by atoms with Gasteiger partial charge >= 0.3 is 5.97 Å². The molecule has 0 amide bonds. The molecule has 2 aromatic rings. The minimum absolute atomic E-state index is 0.00230. The van der Waals surface area contributed by atoms with Crippen LogP contribution in [0.5, 0.6) is 11.5 Å². The van der Waals surface area contributed by atoms with Gasteiger partial charge in [0, 0.05) is 5.69 Å². The molecule has 0 spiro atoms. The zero-order valence-corrected chi connectivity index (χ0v) is 16.2. The molecule has 0 aromatic heterocycles. The number of Topliss-reactive ketones (excluding diaryl/α,β-unsaturated/α-hetero) is 1. The van der Waals surface area contributed by atoms with Gasteiger partial charge in [-0.05, 0) is 42.8 Å². The van der Waals surface area contributed by atoms with E-state index in [1.165, 1.54) is 0 Å². The van der Waals surface area contributed by atoms with Crippen LogP contribution in [-0.4, -0.2) is 38.2 Å². The smallest absolute Gasteiger partial charge is 0.347 e. The van der Waals surface area contributed by atoms with Crippen molar-refractivity contribution < 1.29 is 28.5 Å². The van der Waals surface area contributed by atoms with E-state index in [2.05, 4.69) is 5.32 Å². The van der Waals surface area contributed by atoms with E-state index in [4.69, 9.17) is 18.9 Å². The van der Waals surface area contributed by atoms with Crippen LogP contribution in [0.25, 0.3) is 0 Å². The van der Waals surface area contributed by atoms with Crippen LogP contribution in [0.3, 0.4) is 0 Å². The Kier molecular flexibility index (Phi) is 7.10. The Morgan fingerprint density at radius 3 is 2.28 bits per heavy atom. The first-order valence-corrected chi connectivity index (χ1v) is 9.42. The molecule has 1 N–H and O–H groups in total. The molecule has 0 bridgehead atoms. The third kappa shape index (κ3) is 5.75. The number of carbonyl (C=O) groups is 2. The highest BCUT2D eigenvalue weighted by molar-refractivity contribution is 6.19. The molecule has 7 nitrogen and oxygen atoms in total. The quantitative estimate of drug-likeness (QED) is 0.374. The van der Waals surface area contributed by atoms with Crippen molar-refractivity contribution in [1.29, 1.82) is 0 Å². The highest BCUT2D eigenvalue weighted by Crippen LogP contribution is 2.21. The fourth-order valence-electron chi connectivity index (χ4n) is 2.58. The number of para-hydroxylation sites is 1. The van der Waals surface area contributed by atoms with Gasteiger partial charge < -0.3 is 24.3 Å². The van der Waals surface area contributed by atoms with Crippen LogP contribution in [0.2, 0.25) is 0 Å². The van der Waals surface area contributed by atoms with Crippen molar-refractivity contribution in [1.82, 2.24) is 0 Å². The molecule has 0 saturated heterocycles. The zero-order valence-electron chi connectivity index (χ0n) is 16.2. The molecule has 29 heavy (non-hydrogen) atoms. The van der Waals surface area contributed by atoms with Gasteiger partial charge in [0.2, 0.25) is 11.7 Å². The molecule has 1 aliphatic rings. The molecule has 0 saturated carbocycles. The average molecular weight is 397 g/mol. The lowest BCUT2D eigenvalue weighted by molar-refractivity contribution is -0.140. The summed E-state index contributed by atoms with van der Waals surface area (Å²) in [6.07, 6.45) is 0.941. The van der Waals surface area contributed by atoms with Crippen LogP contribution in [0.15, 0.2) is 66.1 Å². The van der Waals surface area contributed by atoms with Gasteiger partial charge in [0.15, 0.2) is 12.2 Å². The summed E-state index contributed by atoms with van der Waals surface area (Å²) in [5, 5.41) is 2.93. The first-order chi connectivity index (χ1) is 14.2. The second kappa shape index (κ2) is 10.2. The molecule has 152 valence electrons. The van der Waals surface area contributed by atoms with Gasteiger partial charge in [-0.3, -0.25) is 4.79 Å². The van der Waals surface area contributed by atoms with Crippen LogP contribution >= 0.6 is 0 Å². The van der Waals surface area contributed by atoms with Crippen LogP contribution in [0, 0.1) is 0 Å². The van der Waals surface area contributed by atoms with E-state index < -0.39 is 11.8 Å². The lowest BCUT2D eigenvalue weighted by Crippen LogP contribution is -2.19. The molecule has 7 heteroatoms. The number of nitrogens with one attached hydrogen (secondary N) is 1. The number of anilines is 1. The topological polar surface area (TPSA) is 83.1 Å². The van der Waals surface area contributed by atoms with Gasteiger partial charge in [-0.15, -0.1) is 0 Å². The van der Waals surface area contributed by atoms with Crippen LogP contribution in [0.1, 0.15) is 13.3 Å². The molecule has 2 aromatic carbocycles. The van der Waals surface area contributed by atoms with Gasteiger partial charge in [-0.1, -0.05) is 25.1 Å². The molecule has 0 aliphatic carbocycles.